The Kier molecular flexibility index (Phi) is 32.0. The van der Waals surface area contributed by atoms with Gasteiger partial charge in [-0.05, 0) is 116 Å². The first kappa shape index (κ1) is 53.8. The second-order valence-electron chi connectivity index (χ2n) is 19.3. The second-order valence-corrected chi connectivity index (χ2v) is 19.3. The maximum absolute atomic E-state index is 13.7. The Balaban J connectivity index is 2.47. The highest BCUT2D eigenvalue weighted by Crippen LogP contribution is 2.35. The summed E-state index contributed by atoms with van der Waals surface area (Å²) in [6.45, 7) is 16.5. The Morgan fingerprint density at radius 3 is 1.55 bits per heavy atom. The zero-order chi connectivity index (χ0) is 42.7. The predicted molar refractivity (Wildman–Crippen MR) is 254 cm³/mol. The summed E-state index contributed by atoms with van der Waals surface area (Å²) in [6, 6.07) is -0.160. The molecule has 6 heteroatoms. The molecule has 0 radical (unpaired) electrons. The molecule has 0 aromatic heterocycles. The number of hydrogen-bond donors (Lipinski definition) is 2. The molecule has 1 rings (SSSR count). The number of nitrogens with zero attached hydrogens (tertiary/aromatic N) is 2. The lowest BCUT2D eigenvalue weighted by atomic mass is 9.74. The molecule has 1 fully saturated rings. The third kappa shape index (κ3) is 29.1. The Bertz CT molecular complexity index is 1140. The molecule has 2 N–H and O–H groups in total. The number of unbranched alkanes of at least 4 members (excludes halogenated alkanes) is 18. The Hall–Kier alpha value is -2.18. The van der Waals surface area contributed by atoms with E-state index in [-0.39, 0.29) is 29.3 Å². The molecule has 58 heavy (non-hydrogen) atoms. The molecule has 6 nitrogen and oxygen atoms in total. The number of likely N-dealkylation sites (tertiary alicyclic amines) is 1. The number of nitrogens with one attached hydrogen (secondary N) is 2. The van der Waals surface area contributed by atoms with Crippen molar-refractivity contribution in [2.75, 3.05) is 40.3 Å². The van der Waals surface area contributed by atoms with Crippen LogP contribution in [0.25, 0.3) is 0 Å². The van der Waals surface area contributed by atoms with Gasteiger partial charge in [-0.25, -0.2) is 0 Å². The summed E-state index contributed by atoms with van der Waals surface area (Å²) in [5.41, 5.74) is -0.453. The van der Waals surface area contributed by atoms with E-state index in [4.69, 9.17) is 0 Å². The van der Waals surface area contributed by atoms with Gasteiger partial charge in [0.25, 0.3) is 0 Å². The molecule has 0 spiro atoms. The molecule has 1 saturated heterocycles. The van der Waals surface area contributed by atoms with E-state index in [1.165, 1.54) is 122 Å². The highest BCUT2D eigenvalue weighted by Gasteiger charge is 2.40. The molecule has 1 aliphatic heterocycles. The third-order valence-electron chi connectivity index (χ3n) is 11.6. The molecule has 0 saturated carbocycles. The number of carbonyl (C=O) groups excluding carboxylic acids is 2. The van der Waals surface area contributed by atoms with Crippen LogP contribution in [-0.4, -0.2) is 74.0 Å². The minimum atomic E-state index is -0.479. The van der Waals surface area contributed by atoms with Crippen molar-refractivity contribution >= 4 is 11.8 Å². The molecule has 1 aliphatic rings. The average Bonchev–Trinajstić information content (AvgIpc) is 3.57. The summed E-state index contributed by atoms with van der Waals surface area (Å²) in [7, 11) is 4.19. The predicted octanol–water partition coefficient (Wildman–Crippen LogP) is 13.3. The molecule has 2 unspecified atom stereocenters. The highest BCUT2D eigenvalue weighted by atomic mass is 16.2. The van der Waals surface area contributed by atoms with E-state index in [0.29, 0.717) is 6.42 Å². The van der Waals surface area contributed by atoms with Crippen LogP contribution < -0.4 is 10.6 Å². The minimum absolute atomic E-state index is 0.00551. The molecular formula is C52H96N4O2. The van der Waals surface area contributed by atoms with E-state index in [1.54, 1.807) is 0 Å². The number of carbonyl (C=O) groups is 2. The quantitative estimate of drug-likeness (QED) is 0.0485. The average molecular weight is 809 g/mol. The van der Waals surface area contributed by atoms with E-state index in [0.717, 1.165) is 64.7 Å². The summed E-state index contributed by atoms with van der Waals surface area (Å²) in [5, 5.41) is 6.69. The van der Waals surface area contributed by atoms with Crippen LogP contribution in [0.3, 0.4) is 0 Å². The monoisotopic (exact) mass is 809 g/mol. The van der Waals surface area contributed by atoms with Crippen molar-refractivity contribution in [2.45, 2.75) is 221 Å². The molecule has 1 heterocycles. The van der Waals surface area contributed by atoms with E-state index >= 15 is 0 Å². The standard InChI is InChI=1S/C52H96N4O2/c1-9-11-13-15-17-19-21-23-25-27-29-31-33-35-37-39-41-53-49(57)48-43-47(54-50(58)52(5,6)45-51(3,4)46-55(7)8)44-56(48)42-40-38-36-34-32-30-28-26-24-22-20-18-16-14-12-10-2/h17-20,23-26,47-48H,9-16,21-22,27-46H2,1-8H3,(H,53,57)(H,54,58). The molecule has 0 aromatic rings. The molecule has 0 aromatic carbocycles. The number of hydrogen-bond acceptors (Lipinski definition) is 4. The van der Waals surface area contributed by atoms with Crippen LogP contribution in [0.5, 0.6) is 0 Å². The van der Waals surface area contributed by atoms with Crippen LogP contribution in [0, 0.1) is 10.8 Å². The van der Waals surface area contributed by atoms with Crippen LogP contribution >= 0.6 is 0 Å². The first-order valence-corrected chi connectivity index (χ1v) is 24.5. The summed E-state index contributed by atoms with van der Waals surface area (Å²) in [6.07, 6.45) is 49.6. The molecule has 2 atom stereocenters. The van der Waals surface area contributed by atoms with Gasteiger partial charge in [0.1, 0.15) is 0 Å². The van der Waals surface area contributed by atoms with E-state index in [9.17, 15) is 9.59 Å². The van der Waals surface area contributed by atoms with Gasteiger partial charge in [-0.15, -0.1) is 0 Å². The van der Waals surface area contributed by atoms with Crippen molar-refractivity contribution in [3.8, 4) is 0 Å². The van der Waals surface area contributed by atoms with Crippen LogP contribution in [0.15, 0.2) is 48.6 Å². The van der Waals surface area contributed by atoms with Gasteiger partial charge in [-0.1, -0.05) is 167 Å². The summed E-state index contributed by atoms with van der Waals surface area (Å²) in [4.78, 5) is 31.9. The van der Waals surface area contributed by atoms with Gasteiger partial charge in [-0.3, -0.25) is 14.5 Å². The fourth-order valence-corrected chi connectivity index (χ4v) is 8.84. The molecular weight excluding hydrogens is 713 g/mol. The van der Waals surface area contributed by atoms with Gasteiger partial charge in [0, 0.05) is 31.1 Å². The number of allylic oxidation sites excluding steroid dienone is 8. The van der Waals surface area contributed by atoms with Crippen molar-refractivity contribution in [1.29, 1.82) is 0 Å². The lowest BCUT2D eigenvalue weighted by molar-refractivity contribution is -0.132. The van der Waals surface area contributed by atoms with E-state index in [2.05, 4.69) is 125 Å². The van der Waals surface area contributed by atoms with Crippen LogP contribution in [0.2, 0.25) is 0 Å². The van der Waals surface area contributed by atoms with Crippen LogP contribution in [0.1, 0.15) is 208 Å². The zero-order valence-electron chi connectivity index (χ0n) is 39.7. The largest absolute Gasteiger partial charge is 0.355 e. The van der Waals surface area contributed by atoms with Gasteiger partial charge in [-0.2, -0.15) is 0 Å². The fourth-order valence-electron chi connectivity index (χ4n) is 8.84. The molecule has 0 aliphatic carbocycles. The first-order valence-electron chi connectivity index (χ1n) is 24.5. The van der Waals surface area contributed by atoms with Gasteiger partial charge in [0.05, 0.1) is 6.04 Å². The van der Waals surface area contributed by atoms with E-state index in [1.807, 2.05) is 0 Å². The SMILES string of the molecule is CCCCCC=CCC=CCCCCCCCCNC(=O)C1CC(NC(=O)C(C)(C)CC(C)(C)CN(C)C)CN1CCCCCCCCC=CCC=CCCCCC. The van der Waals surface area contributed by atoms with Gasteiger partial charge in [0.2, 0.25) is 11.8 Å². The smallest absolute Gasteiger partial charge is 0.237 e. The first-order chi connectivity index (χ1) is 27.9. The topological polar surface area (TPSA) is 64.7 Å². The van der Waals surface area contributed by atoms with Crippen molar-refractivity contribution in [3.63, 3.8) is 0 Å². The normalized spacial score (nSPS) is 17.0. The maximum atomic E-state index is 13.7. The van der Waals surface area contributed by atoms with Crippen molar-refractivity contribution in [2.24, 2.45) is 10.8 Å². The number of rotatable bonds is 37. The molecule has 2 amide bonds. The van der Waals surface area contributed by atoms with Gasteiger partial charge in [0.15, 0.2) is 0 Å². The Labute approximate surface area is 361 Å². The van der Waals surface area contributed by atoms with Crippen molar-refractivity contribution in [1.82, 2.24) is 20.4 Å². The fraction of sp³-hybridized carbons (Fsp3) is 0.808. The highest BCUT2D eigenvalue weighted by molar-refractivity contribution is 5.84. The van der Waals surface area contributed by atoms with Crippen LogP contribution in [-0.2, 0) is 9.59 Å². The summed E-state index contributed by atoms with van der Waals surface area (Å²) >= 11 is 0. The number of amides is 2. The van der Waals surface area contributed by atoms with Gasteiger partial charge >= 0.3 is 0 Å². The summed E-state index contributed by atoms with van der Waals surface area (Å²) in [5.74, 6) is 0.256. The summed E-state index contributed by atoms with van der Waals surface area (Å²) < 4.78 is 0. The molecule has 0 bridgehead atoms. The van der Waals surface area contributed by atoms with Crippen molar-refractivity contribution in [3.05, 3.63) is 48.6 Å². The zero-order valence-corrected chi connectivity index (χ0v) is 39.7. The lowest BCUT2D eigenvalue weighted by Crippen LogP contribution is -2.46. The molecule has 336 valence electrons. The maximum Gasteiger partial charge on any atom is 0.237 e. The Morgan fingerprint density at radius 2 is 1.07 bits per heavy atom. The van der Waals surface area contributed by atoms with Crippen molar-refractivity contribution < 1.29 is 9.59 Å². The van der Waals surface area contributed by atoms with Crippen LogP contribution in [0.4, 0.5) is 0 Å². The second kappa shape index (κ2) is 34.5. The van der Waals surface area contributed by atoms with Gasteiger partial charge < -0.3 is 15.5 Å². The Morgan fingerprint density at radius 1 is 0.621 bits per heavy atom. The minimum Gasteiger partial charge on any atom is -0.355 e. The lowest BCUT2D eigenvalue weighted by Gasteiger charge is -2.36. The third-order valence-corrected chi connectivity index (χ3v) is 11.6. The van der Waals surface area contributed by atoms with E-state index < -0.39 is 5.41 Å².